The minimum Gasteiger partial charge on any atom is -0.444 e. The van der Waals surface area contributed by atoms with E-state index in [0.29, 0.717) is 12.8 Å². The predicted octanol–water partition coefficient (Wildman–Crippen LogP) is 4.03. The molecule has 22 heavy (non-hydrogen) atoms. The van der Waals surface area contributed by atoms with Crippen LogP contribution < -0.4 is 5.32 Å². The number of hydrogen-bond acceptors (Lipinski definition) is 3. The van der Waals surface area contributed by atoms with Crippen molar-refractivity contribution in [3.63, 3.8) is 0 Å². The SMILES string of the molecule is CC(C)(C)OC(=O)N[C@@H]1[C@@H](OC2CCCC2)CCCC1(F)F. The lowest BCUT2D eigenvalue weighted by molar-refractivity contribution is -0.140. The Hall–Kier alpha value is -0.910. The van der Waals surface area contributed by atoms with Crippen LogP contribution in [0.2, 0.25) is 0 Å². The van der Waals surface area contributed by atoms with Gasteiger partial charge >= 0.3 is 6.09 Å². The van der Waals surface area contributed by atoms with E-state index in [1.54, 1.807) is 20.8 Å². The zero-order valence-corrected chi connectivity index (χ0v) is 13.7. The molecule has 0 aromatic carbocycles. The Balaban J connectivity index is 2.01. The van der Waals surface area contributed by atoms with Gasteiger partial charge in [0.1, 0.15) is 11.6 Å². The number of nitrogens with one attached hydrogen (secondary N) is 1. The third kappa shape index (κ3) is 4.80. The first kappa shape index (κ1) is 17.4. The van der Waals surface area contributed by atoms with Crippen LogP contribution in [0.15, 0.2) is 0 Å². The van der Waals surface area contributed by atoms with E-state index >= 15 is 0 Å². The van der Waals surface area contributed by atoms with Crippen molar-refractivity contribution in [2.75, 3.05) is 0 Å². The van der Waals surface area contributed by atoms with Gasteiger partial charge in [0.25, 0.3) is 5.92 Å². The summed E-state index contributed by atoms with van der Waals surface area (Å²) in [4.78, 5) is 11.9. The second kappa shape index (κ2) is 6.69. The number of carbonyl (C=O) groups is 1. The maximum atomic E-state index is 14.2. The van der Waals surface area contributed by atoms with Crippen molar-refractivity contribution in [1.82, 2.24) is 5.32 Å². The van der Waals surface area contributed by atoms with E-state index in [2.05, 4.69) is 5.32 Å². The minimum atomic E-state index is -2.96. The highest BCUT2D eigenvalue weighted by Gasteiger charge is 2.49. The molecule has 0 saturated heterocycles. The maximum Gasteiger partial charge on any atom is 0.408 e. The molecule has 0 bridgehead atoms. The third-order valence-corrected chi connectivity index (χ3v) is 4.17. The van der Waals surface area contributed by atoms with Crippen LogP contribution in [0, 0.1) is 0 Å². The van der Waals surface area contributed by atoms with E-state index in [1.807, 2.05) is 0 Å². The van der Waals surface area contributed by atoms with Gasteiger partial charge in [0.15, 0.2) is 0 Å². The maximum absolute atomic E-state index is 14.2. The lowest BCUT2D eigenvalue weighted by atomic mass is 9.88. The summed E-state index contributed by atoms with van der Waals surface area (Å²) in [6.07, 6.45) is 3.33. The summed E-state index contributed by atoms with van der Waals surface area (Å²) < 4.78 is 39.5. The van der Waals surface area contributed by atoms with Crippen LogP contribution in [0.3, 0.4) is 0 Å². The topological polar surface area (TPSA) is 47.6 Å². The lowest BCUT2D eigenvalue weighted by Gasteiger charge is -2.39. The lowest BCUT2D eigenvalue weighted by Crippen LogP contribution is -2.58. The molecule has 4 nitrogen and oxygen atoms in total. The summed E-state index contributed by atoms with van der Waals surface area (Å²) in [5.74, 6) is -2.96. The molecule has 0 aromatic heterocycles. The van der Waals surface area contributed by atoms with Gasteiger partial charge in [-0.2, -0.15) is 0 Å². The Morgan fingerprint density at radius 1 is 1.14 bits per heavy atom. The van der Waals surface area contributed by atoms with Crippen molar-refractivity contribution in [1.29, 1.82) is 0 Å². The van der Waals surface area contributed by atoms with E-state index in [4.69, 9.17) is 9.47 Å². The van der Waals surface area contributed by atoms with Gasteiger partial charge < -0.3 is 14.8 Å². The Bertz CT molecular complexity index is 389. The number of ether oxygens (including phenoxy) is 2. The van der Waals surface area contributed by atoms with Crippen molar-refractivity contribution in [2.24, 2.45) is 0 Å². The summed E-state index contributed by atoms with van der Waals surface area (Å²) in [6, 6.07) is -1.31. The van der Waals surface area contributed by atoms with E-state index < -0.39 is 29.8 Å². The molecule has 0 radical (unpaired) electrons. The van der Waals surface area contributed by atoms with Crippen LogP contribution >= 0.6 is 0 Å². The number of alkyl carbamates (subject to hydrolysis) is 1. The summed E-state index contributed by atoms with van der Waals surface area (Å²) >= 11 is 0. The predicted molar refractivity (Wildman–Crippen MR) is 79.1 cm³/mol. The van der Waals surface area contributed by atoms with Crippen LogP contribution in [0.5, 0.6) is 0 Å². The van der Waals surface area contributed by atoms with Crippen molar-refractivity contribution >= 4 is 6.09 Å². The summed E-state index contributed by atoms with van der Waals surface area (Å²) in [5.41, 5.74) is -0.712. The standard InChI is InChI=1S/C16H27F2NO3/c1-15(2,3)22-14(20)19-13-12(9-6-10-16(13,17)18)21-11-7-4-5-8-11/h11-13H,4-10H2,1-3H3,(H,19,20)/t12-,13+/m0/s1. The van der Waals surface area contributed by atoms with Crippen molar-refractivity contribution in [3.05, 3.63) is 0 Å². The second-order valence-electron chi connectivity index (χ2n) is 7.36. The molecule has 6 heteroatoms. The normalized spacial score (nSPS) is 29.3. The molecule has 2 rings (SSSR count). The second-order valence-corrected chi connectivity index (χ2v) is 7.36. The zero-order valence-electron chi connectivity index (χ0n) is 13.7. The van der Waals surface area contributed by atoms with Gasteiger partial charge in [0.2, 0.25) is 0 Å². The van der Waals surface area contributed by atoms with E-state index in [9.17, 15) is 13.6 Å². The van der Waals surface area contributed by atoms with Crippen molar-refractivity contribution < 1.29 is 23.0 Å². The highest BCUT2D eigenvalue weighted by Crippen LogP contribution is 2.37. The Kier molecular flexibility index (Phi) is 5.30. The largest absolute Gasteiger partial charge is 0.444 e. The van der Waals surface area contributed by atoms with Gasteiger partial charge in [-0.3, -0.25) is 0 Å². The molecule has 0 aliphatic heterocycles. The van der Waals surface area contributed by atoms with Gasteiger partial charge in [-0.15, -0.1) is 0 Å². The van der Waals surface area contributed by atoms with Crippen LogP contribution in [0.25, 0.3) is 0 Å². The highest BCUT2D eigenvalue weighted by atomic mass is 19.3. The minimum absolute atomic E-state index is 0.0434. The van der Waals surface area contributed by atoms with Gasteiger partial charge in [0, 0.05) is 6.42 Å². The van der Waals surface area contributed by atoms with Crippen LogP contribution in [0.1, 0.15) is 65.7 Å². The molecule has 2 aliphatic carbocycles. The molecular weight excluding hydrogens is 292 g/mol. The Morgan fingerprint density at radius 2 is 1.77 bits per heavy atom. The van der Waals surface area contributed by atoms with Crippen LogP contribution in [0.4, 0.5) is 13.6 Å². The van der Waals surface area contributed by atoms with Gasteiger partial charge in [0.05, 0.1) is 12.2 Å². The molecule has 0 aromatic rings. The van der Waals surface area contributed by atoms with Crippen molar-refractivity contribution in [2.45, 2.75) is 95.5 Å². The molecule has 2 aliphatic rings. The first-order valence-corrected chi connectivity index (χ1v) is 8.20. The molecule has 128 valence electrons. The number of amides is 1. The molecule has 1 N–H and O–H groups in total. The number of halogens is 2. The van der Waals surface area contributed by atoms with Gasteiger partial charge in [-0.05, 0) is 46.5 Å². The smallest absolute Gasteiger partial charge is 0.408 e. The van der Waals surface area contributed by atoms with Crippen molar-refractivity contribution in [3.8, 4) is 0 Å². The van der Waals surface area contributed by atoms with Gasteiger partial charge in [-0.25, -0.2) is 13.6 Å². The number of alkyl halides is 2. The highest BCUT2D eigenvalue weighted by molar-refractivity contribution is 5.68. The van der Waals surface area contributed by atoms with Crippen LogP contribution in [-0.2, 0) is 9.47 Å². The average molecular weight is 319 g/mol. The summed E-state index contributed by atoms with van der Waals surface area (Å²) in [6.45, 7) is 5.12. The molecular formula is C16H27F2NO3. The average Bonchev–Trinajstić information content (AvgIpc) is 2.84. The fourth-order valence-corrected chi connectivity index (χ4v) is 3.18. The van der Waals surface area contributed by atoms with Crippen LogP contribution in [-0.4, -0.2) is 35.9 Å². The van der Waals surface area contributed by atoms with E-state index in [1.165, 1.54) is 0 Å². The first-order chi connectivity index (χ1) is 10.2. The molecule has 0 unspecified atom stereocenters. The molecule has 2 atom stereocenters. The molecule has 0 spiro atoms. The summed E-state index contributed by atoms with van der Waals surface area (Å²) in [5, 5.41) is 2.35. The van der Waals surface area contributed by atoms with Gasteiger partial charge in [-0.1, -0.05) is 12.8 Å². The third-order valence-electron chi connectivity index (χ3n) is 4.17. The molecule has 0 heterocycles. The number of hydrogen-bond donors (Lipinski definition) is 1. The Morgan fingerprint density at radius 3 is 2.36 bits per heavy atom. The first-order valence-electron chi connectivity index (χ1n) is 8.20. The Labute approximate surface area is 130 Å². The van der Waals surface area contributed by atoms with E-state index in [-0.39, 0.29) is 12.5 Å². The number of carbonyl (C=O) groups excluding carboxylic acids is 1. The van der Waals surface area contributed by atoms with E-state index in [0.717, 1.165) is 25.7 Å². The molecule has 2 saturated carbocycles. The molecule has 2 fully saturated rings. The quantitative estimate of drug-likeness (QED) is 0.854. The monoisotopic (exact) mass is 319 g/mol. The fraction of sp³-hybridized carbons (Fsp3) is 0.938. The number of rotatable bonds is 3. The summed E-state index contributed by atoms with van der Waals surface area (Å²) in [7, 11) is 0. The molecule has 1 amide bonds. The zero-order chi connectivity index (χ0) is 16.4. The fourth-order valence-electron chi connectivity index (χ4n) is 3.18.